The molecule has 32 heavy (non-hydrogen) atoms. The fraction of sp³-hybridized carbons (Fsp3) is 0.250. The van der Waals surface area contributed by atoms with Crippen molar-refractivity contribution in [2.24, 2.45) is 0 Å². The van der Waals surface area contributed by atoms with E-state index in [0.717, 1.165) is 5.56 Å². The van der Waals surface area contributed by atoms with Gasteiger partial charge in [-0.3, -0.25) is 5.32 Å². The lowest BCUT2D eigenvalue weighted by atomic mass is 10.2. The second-order valence-corrected chi connectivity index (χ2v) is 9.38. The minimum Gasteiger partial charge on any atom is -0.351 e. The second-order valence-electron chi connectivity index (χ2n) is 7.01. The normalized spacial score (nSPS) is 15.4. The smallest absolute Gasteiger partial charge is 0.351 e. The number of hydrogen-bond acceptors (Lipinski definition) is 8. The molecule has 1 N–H and O–H groups in total. The minimum absolute atomic E-state index is 0.174. The number of hydroxylamine groups is 2. The molecular formula is C20H20ClN5O5S. The van der Waals surface area contributed by atoms with E-state index in [1.807, 2.05) is 0 Å². The number of nitrogens with one attached hydrogen (secondary N) is 1. The lowest BCUT2D eigenvalue weighted by Crippen LogP contribution is -2.49. The van der Waals surface area contributed by atoms with Crippen LogP contribution in [-0.2, 0) is 14.9 Å². The Labute approximate surface area is 189 Å². The summed E-state index contributed by atoms with van der Waals surface area (Å²) in [4.78, 5) is 21.8. The lowest BCUT2D eigenvalue weighted by Gasteiger charge is -2.32. The fourth-order valence-electron chi connectivity index (χ4n) is 3.13. The number of nitrogens with zero attached hydrogens (tertiary/aromatic N) is 4. The fourth-order valence-corrected chi connectivity index (χ4v) is 4.68. The summed E-state index contributed by atoms with van der Waals surface area (Å²) in [6.07, 6.45) is -0.665. The Morgan fingerprint density at radius 2 is 1.72 bits per heavy atom. The van der Waals surface area contributed by atoms with Crippen LogP contribution in [0.1, 0.15) is 5.89 Å². The van der Waals surface area contributed by atoms with E-state index in [1.165, 1.54) is 33.6 Å². The van der Waals surface area contributed by atoms with Crippen molar-refractivity contribution in [2.75, 3.05) is 31.5 Å². The third-order valence-electron chi connectivity index (χ3n) is 4.78. The Bertz CT molecular complexity index is 1190. The number of anilines is 1. The third-order valence-corrected chi connectivity index (χ3v) is 6.94. The van der Waals surface area contributed by atoms with Gasteiger partial charge in [-0.25, -0.2) is 13.2 Å². The molecule has 1 amide bonds. The van der Waals surface area contributed by atoms with E-state index in [9.17, 15) is 13.2 Å². The predicted octanol–water partition coefficient (Wildman–Crippen LogP) is 3.17. The van der Waals surface area contributed by atoms with Crippen LogP contribution in [0, 0.1) is 6.92 Å². The monoisotopic (exact) mass is 477 g/mol. The number of rotatable bonds is 5. The molecule has 12 heteroatoms. The second kappa shape index (κ2) is 9.25. The molecule has 0 spiro atoms. The number of sulfonamides is 1. The Kier molecular flexibility index (Phi) is 6.42. The van der Waals surface area contributed by atoms with Gasteiger partial charge in [-0.15, -0.1) is 5.06 Å². The number of carbonyl (C=O) groups is 1. The van der Waals surface area contributed by atoms with Gasteiger partial charge in [0.25, 0.3) is 0 Å². The predicted molar refractivity (Wildman–Crippen MR) is 116 cm³/mol. The maximum atomic E-state index is 12.7. The van der Waals surface area contributed by atoms with Gasteiger partial charge < -0.3 is 9.36 Å². The standard InChI is InChI=1S/C20H20ClN5O5S/c1-14-22-19(24-30-14)15-2-6-17(7-3-15)23-20(27)31-25-10-12-26(13-11-25)32(28,29)18-8-4-16(21)5-9-18/h2-9H,10-13H2,1H3,(H,23,27). The largest absolute Gasteiger partial charge is 0.430 e. The first-order chi connectivity index (χ1) is 15.3. The molecule has 1 aromatic heterocycles. The van der Waals surface area contributed by atoms with Gasteiger partial charge in [-0.2, -0.15) is 9.29 Å². The average molecular weight is 478 g/mol. The molecule has 1 saturated heterocycles. The number of aryl methyl sites for hydroxylation is 1. The highest BCUT2D eigenvalue weighted by Crippen LogP contribution is 2.21. The van der Waals surface area contributed by atoms with Crippen LogP contribution in [0.25, 0.3) is 11.4 Å². The number of benzene rings is 2. The van der Waals surface area contributed by atoms with E-state index in [0.29, 0.717) is 22.4 Å². The Morgan fingerprint density at radius 3 is 2.31 bits per heavy atom. The Balaban J connectivity index is 1.28. The average Bonchev–Trinajstić information content (AvgIpc) is 3.21. The first-order valence-electron chi connectivity index (χ1n) is 9.72. The van der Waals surface area contributed by atoms with E-state index in [1.54, 1.807) is 31.2 Å². The molecule has 0 unspecified atom stereocenters. The van der Waals surface area contributed by atoms with Gasteiger partial charge in [0.1, 0.15) is 0 Å². The van der Waals surface area contributed by atoms with Crippen LogP contribution in [0.5, 0.6) is 0 Å². The molecule has 4 rings (SSSR count). The molecular weight excluding hydrogens is 458 g/mol. The molecule has 2 aromatic carbocycles. The number of amides is 1. The molecule has 2 heterocycles. The summed E-state index contributed by atoms with van der Waals surface area (Å²) in [5.41, 5.74) is 1.28. The Morgan fingerprint density at radius 1 is 1.06 bits per heavy atom. The van der Waals surface area contributed by atoms with E-state index in [4.69, 9.17) is 21.0 Å². The van der Waals surface area contributed by atoms with Crippen LogP contribution < -0.4 is 5.32 Å². The van der Waals surface area contributed by atoms with Crippen LogP contribution in [0.15, 0.2) is 57.9 Å². The molecule has 0 saturated carbocycles. The summed E-state index contributed by atoms with van der Waals surface area (Å²) in [5.74, 6) is 0.926. The van der Waals surface area contributed by atoms with Gasteiger partial charge in [0, 0.05) is 49.4 Å². The lowest BCUT2D eigenvalue weighted by molar-refractivity contribution is -0.109. The van der Waals surface area contributed by atoms with Crippen LogP contribution in [-0.4, -0.2) is 60.2 Å². The minimum atomic E-state index is -3.63. The first-order valence-corrected chi connectivity index (χ1v) is 11.5. The van der Waals surface area contributed by atoms with E-state index in [2.05, 4.69) is 15.5 Å². The molecule has 1 aliphatic rings. The number of piperazine rings is 1. The first kappa shape index (κ1) is 22.2. The summed E-state index contributed by atoms with van der Waals surface area (Å²) in [6, 6.07) is 12.9. The van der Waals surface area contributed by atoms with Crippen molar-refractivity contribution in [3.8, 4) is 11.4 Å². The zero-order chi connectivity index (χ0) is 22.7. The molecule has 0 bridgehead atoms. The van der Waals surface area contributed by atoms with Crippen molar-refractivity contribution < 1.29 is 22.6 Å². The van der Waals surface area contributed by atoms with Crippen LogP contribution in [0.3, 0.4) is 0 Å². The van der Waals surface area contributed by atoms with E-state index >= 15 is 0 Å². The summed E-state index contributed by atoms with van der Waals surface area (Å²) in [6.45, 7) is 2.58. The van der Waals surface area contributed by atoms with Crippen LogP contribution >= 0.6 is 11.6 Å². The highest BCUT2D eigenvalue weighted by atomic mass is 35.5. The van der Waals surface area contributed by atoms with E-state index in [-0.39, 0.29) is 31.1 Å². The van der Waals surface area contributed by atoms with E-state index < -0.39 is 16.1 Å². The Hall–Kier alpha value is -2.99. The van der Waals surface area contributed by atoms with Gasteiger partial charge in [0.2, 0.25) is 21.7 Å². The summed E-state index contributed by atoms with van der Waals surface area (Å²) < 4.78 is 31.8. The highest BCUT2D eigenvalue weighted by Gasteiger charge is 2.29. The van der Waals surface area contributed by atoms with Gasteiger partial charge >= 0.3 is 6.09 Å². The van der Waals surface area contributed by atoms with Gasteiger partial charge in [0.15, 0.2) is 0 Å². The van der Waals surface area contributed by atoms with Crippen molar-refractivity contribution in [3.63, 3.8) is 0 Å². The van der Waals surface area contributed by atoms with Crippen molar-refractivity contribution in [1.29, 1.82) is 0 Å². The van der Waals surface area contributed by atoms with Gasteiger partial charge in [-0.05, 0) is 48.5 Å². The summed E-state index contributed by atoms with van der Waals surface area (Å²) in [5, 5.41) is 8.37. The molecule has 168 valence electrons. The van der Waals surface area contributed by atoms with Crippen molar-refractivity contribution in [1.82, 2.24) is 19.5 Å². The highest BCUT2D eigenvalue weighted by molar-refractivity contribution is 7.89. The molecule has 10 nitrogen and oxygen atoms in total. The summed E-state index contributed by atoms with van der Waals surface area (Å²) >= 11 is 5.83. The quantitative estimate of drug-likeness (QED) is 0.595. The zero-order valence-electron chi connectivity index (χ0n) is 17.1. The van der Waals surface area contributed by atoms with Crippen LogP contribution in [0.4, 0.5) is 10.5 Å². The molecule has 1 aliphatic heterocycles. The molecule has 1 fully saturated rings. The molecule has 0 atom stereocenters. The van der Waals surface area contributed by atoms with Crippen molar-refractivity contribution in [2.45, 2.75) is 11.8 Å². The summed E-state index contributed by atoms with van der Waals surface area (Å²) in [7, 11) is -3.63. The number of carbonyl (C=O) groups excluding carboxylic acids is 1. The van der Waals surface area contributed by atoms with Gasteiger partial charge in [-0.1, -0.05) is 16.8 Å². The maximum Gasteiger partial charge on any atom is 0.430 e. The maximum absolute atomic E-state index is 12.7. The number of aromatic nitrogens is 2. The number of halogens is 1. The molecule has 0 aliphatic carbocycles. The molecule has 3 aromatic rings. The number of hydrogen-bond donors (Lipinski definition) is 1. The zero-order valence-corrected chi connectivity index (χ0v) is 18.6. The van der Waals surface area contributed by atoms with Crippen molar-refractivity contribution >= 4 is 33.4 Å². The third kappa shape index (κ3) is 5.07. The molecule has 0 radical (unpaired) electrons. The van der Waals surface area contributed by atoms with Crippen LogP contribution in [0.2, 0.25) is 5.02 Å². The van der Waals surface area contributed by atoms with Crippen molar-refractivity contribution in [3.05, 3.63) is 59.4 Å². The SMILES string of the molecule is Cc1nc(-c2ccc(NC(=O)ON3CCN(S(=O)(=O)c4ccc(Cl)cc4)CC3)cc2)no1. The topological polar surface area (TPSA) is 118 Å². The van der Waals surface area contributed by atoms with Gasteiger partial charge in [0.05, 0.1) is 4.90 Å².